The summed E-state index contributed by atoms with van der Waals surface area (Å²) in [5.74, 6) is 2.56. The summed E-state index contributed by atoms with van der Waals surface area (Å²) in [5, 5.41) is 22.0. The van der Waals surface area contributed by atoms with E-state index in [-0.39, 0.29) is 31.0 Å². The number of carbonyl (C=O) groups excluding carboxylic acids is 6. The van der Waals surface area contributed by atoms with Gasteiger partial charge in [-0.05, 0) is 223 Å². The molecule has 0 saturated carbocycles. The molecule has 526 valence electrons. The molecule has 0 spiro atoms. The van der Waals surface area contributed by atoms with Gasteiger partial charge in [-0.15, -0.1) is 0 Å². The summed E-state index contributed by atoms with van der Waals surface area (Å²) in [6.07, 6.45) is 7.16. The zero-order valence-corrected chi connectivity index (χ0v) is 58.9. The molecule has 0 aromatic carbocycles. The molecule has 25 heteroatoms. The van der Waals surface area contributed by atoms with Gasteiger partial charge in [-0.25, -0.2) is 24.2 Å². The van der Waals surface area contributed by atoms with Gasteiger partial charge in [0.15, 0.2) is 0 Å². The Labute approximate surface area is 565 Å². The molecule has 0 radical (unpaired) electrons. The van der Waals surface area contributed by atoms with Crippen LogP contribution >= 0.6 is 15.9 Å². The SMILES string of the molecule is Brc1ccccn1.CC(C)(C)OC(=O)N1CC(CC(O)c2ccccn2)C1.CC(C)(C)OC(=O)N1CC(CC=O)C1.CC(C)(C)OC(=O)N1CC(CCO)C1.CC(C)(C)OC(=O)N1CC(CCc2ccccn2)C1.O=CC(F)(F)F.[2H]CC.c1ccc(CCC2CNC2)nc1. The maximum absolute atomic E-state index is 11.8. The van der Waals surface area contributed by atoms with E-state index >= 15 is 0 Å². The number of aliphatic hydroxyl groups excluding tert-OH is 2. The van der Waals surface area contributed by atoms with Crippen molar-refractivity contribution in [1.29, 1.82) is 0 Å². The maximum Gasteiger partial charge on any atom is 0.446 e. The summed E-state index contributed by atoms with van der Waals surface area (Å²) < 4.78 is 59.3. The number of pyridine rings is 4. The van der Waals surface area contributed by atoms with Crippen LogP contribution in [-0.4, -0.2) is 187 Å². The first-order chi connectivity index (χ1) is 44.4. The second-order valence-electron chi connectivity index (χ2n) is 27.0. The average molecular weight is 1390 g/mol. The first kappa shape index (κ1) is 81.4. The van der Waals surface area contributed by atoms with E-state index in [1.54, 1.807) is 38.9 Å². The van der Waals surface area contributed by atoms with Gasteiger partial charge in [0.05, 0.1) is 11.8 Å². The third kappa shape index (κ3) is 37.9. The molecule has 0 aliphatic carbocycles. The van der Waals surface area contributed by atoms with E-state index < -0.39 is 41.0 Å². The number of halogens is 4. The van der Waals surface area contributed by atoms with Crippen molar-refractivity contribution in [2.75, 3.05) is 72.1 Å². The number of rotatable bonds is 13. The Morgan fingerprint density at radius 3 is 1.18 bits per heavy atom. The van der Waals surface area contributed by atoms with Crippen LogP contribution in [0.15, 0.2) is 102 Å². The smallest absolute Gasteiger partial charge is 0.444 e. The molecule has 94 heavy (non-hydrogen) atoms. The molecule has 3 N–H and O–H groups in total. The van der Waals surface area contributed by atoms with Crippen LogP contribution in [0.5, 0.6) is 0 Å². The third-order valence-corrected chi connectivity index (χ3v) is 14.2. The number of amides is 4. The van der Waals surface area contributed by atoms with Gasteiger partial charge in [-0.3, -0.25) is 19.7 Å². The van der Waals surface area contributed by atoms with Crippen molar-refractivity contribution in [3.05, 3.63) is 119 Å². The lowest BCUT2D eigenvalue weighted by molar-refractivity contribution is -0.156. The van der Waals surface area contributed by atoms with E-state index in [9.17, 15) is 42.3 Å². The fourth-order valence-corrected chi connectivity index (χ4v) is 9.13. The van der Waals surface area contributed by atoms with E-state index in [1.165, 1.54) is 25.2 Å². The number of hydrogen-bond donors (Lipinski definition) is 3. The number of alkyl halides is 3. The number of ether oxygens (including phenoxy) is 4. The lowest BCUT2D eigenvalue weighted by Gasteiger charge is -2.40. The average Bonchev–Trinajstić information content (AvgIpc) is 0.857. The molecule has 0 bridgehead atoms. The molecule has 5 aliphatic rings. The minimum Gasteiger partial charge on any atom is -0.444 e. The van der Waals surface area contributed by atoms with E-state index in [0.29, 0.717) is 75.3 Å². The Balaban J connectivity index is 0.000000385. The van der Waals surface area contributed by atoms with Crippen molar-refractivity contribution < 1.29 is 72.5 Å². The molecule has 4 aromatic heterocycles. The zero-order valence-electron chi connectivity index (χ0n) is 58.4. The van der Waals surface area contributed by atoms with E-state index in [1.807, 2.05) is 156 Å². The number of aldehydes is 2. The topological polar surface area (TPSA) is 256 Å². The summed E-state index contributed by atoms with van der Waals surface area (Å²) in [6.45, 7) is 32.8. The molecule has 4 amide bonds. The first-order valence-electron chi connectivity index (χ1n) is 32.6. The van der Waals surface area contributed by atoms with Crippen molar-refractivity contribution in [2.45, 2.75) is 177 Å². The first-order valence-corrected chi connectivity index (χ1v) is 32.7. The van der Waals surface area contributed by atoms with Crippen molar-refractivity contribution in [3.8, 4) is 0 Å². The van der Waals surface area contributed by atoms with Gasteiger partial charge in [0.2, 0.25) is 6.29 Å². The molecular formula is C69H105BrF3N9O12. The van der Waals surface area contributed by atoms with Crippen molar-refractivity contribution >= 4 is 52.9 Å². The van der Waals surface area contributed by atoms with Crippen molar-refractivity contribution in [2.24, 2.45) is 29.6 Å². The van der Waals surface area contributed by atoms with E-state index in [2.05, 4.69) is 53.3 Å². The standard InChI is InChI=1S/C15H22N2O3.C15H22N2O2.C10H14N2.C10H19NO3.C10H17NO3.C5H4BrN.C2HF3O.C2H6/c1-15(2,3)20-14(19)17-9-11(10-17)8-13(18)12-6-4-5-7-16-12;1-15(2,3)19-14(18)17-10-12(11-17)7-8-13-6-4-5-9-16-13;1-2-6-12-10(3-1)5-4-9-7-11-8-9;2*1-10(2,3)14-9(13)11-6-8(7-11)4-5-12;6-5-3-1-2-4-7-5;3-2(4,5)1-6;1-2/h4-7,11,13,18H,8-10H2,1-3H3;4-6,9,12H,7-8,10-11H2,1-3H3;1-3,6,9,11H,4-5,7-8H2;8,12H,4-7H2,1-3H3;5,8H,4,6-7H2,1-3H3;1-4H;1H;1-2H3/i;;;;;;;1D. The molecule has 5 saturated heterocycles. The lowest BCUT2D eigenvalue weighted by atomic mass is 9.92. The van der Waals surface area contributed by atoms with Crippen LogP contribution in [0.3, 0.4) is 0 Å². The van der Waals surface area contributed by atoms with Crippen LogP contribution in [0.2, 0.25) is 0 Å². The maximum atomic E-state index is 11.8. The Morgan fingerprint density at radius 2 is 0.904 bits per heavy atom. The zero-order chi connectivity index (χ0) is 71.4. The fraction of sp³-hybridized carbons (Fsp3) is 0.623. The Morgan fingerprint density at radius 1 is 0.564 bits per heavy atom. The van der Waals surface area contributed by atoms with E-state index in [4.69, 9.17) is 30.2 Å². The Kier molecular flexibility index (Phi) is 36.3. The van der Waals surface area contributed by atoms with Crippen LogP contribution < -0.4 is 5.32 Å². The highest BCUT2D eigenvalue weighted by Gasteiger charge is 2.37. The number of aryl methyl sites for hydroxylation is 2. The molecular weight excluding hydrogens is 1280 g/mol. The molecule has 21 nitrogen and oxygen atoms in total. The highest BCUT2D eigenvalue weighted by molar-refractivity contribution is 9.10. The number of carbonyl (C=O) groups is 6. The minimum atomic E-state index is -4.64. The predicted octanol–water partition coefficient (Wildman–Crippen LogP) is 12.8. The van der Waals surface area contributed by atoms with Gasteiger partial charge in [0, 0.05) is 109 Å². The number of aromatic nitrogens is 4. The Bertz CT molecular complexity index is 2770. The number of nitrogens with zero attached hydrogens (tertiary/aromatic N) is 8. The predicted molar refractivity (Wildman–Crippen MR) is 358 cm³/mol. The molecule has 5 fully saturated rings. The molecule has 5 aliphatic heterocycles. The fourth-order valence-electron chi connectivity index (χ4n) is 8.86. The second kappa shape index (κ2) is 41.9. The third-order valence-electron chi connectivity index (χ3n) is 13.7. The van der Waals surface area contributed by atoms with Crippen molar-refractivity contribution in [1.82, 2.24) is 44.9 Å². The Hall–Kier alpha value is -6.83. The van der Waals surface area contributed by atoms with Crippen LogP contribution in [0.25, 0.3) is 0 Å². The molecule has 9 rings (SSSR count). The number of likely N-dealkylation sites (tertiary alicyclic amines) is 4. The summed E-state index contributed by atoms with van der Waals surface area (Å²) in [6, 6.07) is 23.3. The molecule has 1 atom stereocenters. The summed E-state index contributed by atoms with van der Waals surface area (Å²) in [7, 11) is 0. The van der Waals surface area contributed by atoms with Gasteiger partial charge >= 0.3 is 30.5 Å². The van der Waals surface area contributed by atoms with Crippen molar-refractivity contribution in [3.63, 3.8) is 0 Å². The van der Waals surface area contributed by atoms with Gasteiger partial charge in [-0.2, -0.15) is 13.2 Å². The van der Waals surface area contributed by atoms with Crippen LogP contribution in [0.1, 0.15) is 154 Å². The largest absolute Gasteiger partial charge is 0.446 e. The normalized spacial score (nSPS) is 16.0. The summed E-state index contributed by atoms with van der Waals surface area (Å²) in [4.78, 5) is 88.6. The summed E-state index contributed by atoms with van der Waals surface area (Å²) >= 11 is 3.20. The van der Waals surface area contributed by atoms with Gasteiger partial charge in [-0.1, -0.05) is 38.1 Å². The van der Waals surface area contributed by atoms with E-state index in [0.717, 1.165) is 74.4 Å². The quantitative estimate of drug-likeness (QED) is 0.0639. The monoisotopic (exact) mass is 1390 g/mol. The van der Waals surface area contributed by atoms with Crippen LogP contribution in [0.4, 0.5) is 32.3 Å². The van der Waals surface area contributed by atoms with Gasteiger partial charge < -0.3 is 58.9 Å². The lowest BCUT2D eigenvalue weighted by Crippen LogP contribution is -2.51. The summed E-state index contributed by atoms with van der Waals surface area (Å²) in [5.41, 5.74) is 1.31. The second-order valence-corrected chi connectivity index (χ2v) is 27.8. The molecule has 1 unspecified atom stereocenters. The van der Waals surface area contributed by atoms with Gasteiger partial charge in [0.1, 0.15) is 33.3 Å². The minimum absolute atomic E-state index is 0.193. The van der Waals surface area contributed by atoms with Gasteiger partial charge in [0.25, 0.3) is 0 Å². The highest BCUT2D eigenvalue weighted by atomic mass is 79.9. The number of hydrogen-bond acceptors (Lipinski definition) is 17. The highest BCUT2D eigenvalue weighted by Crippen LogP contribution is 2.29. The molecule has 4 aromatic rings. The molecule has 9 heterocycles. The number of aliphatic hydroxyl groups is 2. The van der Waals surface area contributed by atoms with Crippen LogP contribution in [0, 0.1) is 29.6 Å². The number of nitrogens with one attached hydrogen (secondary N) is 1. The van der Waals surface area contributed by atoms with Crippen LogP contribution in [-0.2, 0) is 41.4 Å².